The molecule has 17 heavy (non-hydrogen) atoms. The van der Waals surface area contributed by atoms with Crippen LogP contribution in [0.2, 0.25) is 0 Å². The number of carboxylic acids is 1. The molecular weight excluding hydrogens is 242 g/mol. The highest BCUT2D eigenvalue weighted by Crippen LogP contribution is 2.21. The Morgan fingerprint density at radius 2 is 2.29 bits per heavy atom. The van der Waals surface area contributed by atoms with Crippen molar-refractivity contribution in [2.24, 2.45) is 0 Å². The van der Waals surface area contributed by atoms with Crippen LogP contribution in [0.4, 0.5) is 0 Å². The average molecular weight is 250 g/mol. The maximum absolute atomic E-state index is 10.2. The zero-order chi connectivity index (χ0) is 12.1. The second kappa shape index (κ2) is 5.44. The first-order valence-electron chi connectivity index (χ1n) is 4.83. The van der Waals surface area contributed by atoms with E-state index in [0.29, 0.717) is 22.6 Å². The second-order valence-corrected chi connectivity index (χ2v) is 4.10. The Bertz CT molecular complexity index is 501. The smallest absolute Gasteiger partial charge is 0.276 e. The maximum Gasteiger partial charge on any atom is 0.276 e. The molecule has 88 valence electrons. The molecule has 0 bridgehead atoms. The molecule has 0 aliphatic rings. The summed E-state index contributed by atoms with van der Waals surface area (Å²) in [6, 6.07) is 5.36. The molecule has 0 amide bonds. The van der Waals surface area contributed by atoms with E-state index in [1.807, 2.05) is 6.07 Å². The van der Waals surface area contributed by atoms with Crippen molar-refractivity contribution < 1.29 is 14.3 Å². The Balaban J connectivity index is 1.99. The topological polar surface area (TPSA) is 91.9 Å². The van der Waals surface area contributed by atoms with Gasteiger partial charge in [0.25, 0.3) is 11.1 Å². The van der Waals surface area contributed by atoms with Gasteiger partial charge in [-0.3, -0.25) is 4.98 Å². The molecule has 7 heteroatoms. The van der Waals surface area contributed by atoms with Crippen molar-refractivity contribution in [1.29, 1.82) is 0 Å². The fraction of sp³-hybridized carbons (Fsp3) is 0.200. The summed E-state index contributed by atoms with van der Waals surface area (Å²) >= 11 is 1.18. The number of pyridine rings is 1. The van der Waals surface area contributed by atoms with E-state index in [1.54, 1.807) is 18.3 Å². The minimum Gasteiger partial charge on any atom is -0.550 e. The molecule has 2 aromatic rings. The van der Waals surface area contributed by atoms with Crippen LogP contribution in [-0.2, 0) is 4.79 Å². The predicted molar refractivity (Wildman–Crippen MR) is 57.9 cm³/mol. The van der Waals surface area contributed by atoms with E-state index in [4.69, 9.17) is 4.42 Å². The maximum atomic E-state index is 10.2. The normalized spacial score (nSPS) is 10.4. The van der Waals surface area contributed by atoms with Gasteiger partial charge in [-0.1, -0.05) is 17.8 Å². The number of nitrogens with zero attached hydrogens (tertiary/aromatic N) is 3. The molecule has 0 aromatic carbocycles. The molecule has 6 nitrogen and oxygen atoms in total. The number of carbonyl (C=O) groups is 1. The van der Waals surface area contributed by atoms with Crippen molar-refractivity contribution in [1.82, 2.24) is 15.2 Å². The van der Waals surface area contributed by atoms with Gasteiger partial charge >= 0.3 is 0 Å². The van der Waals surface area contributed by atoms with E-state index >= 15 is 0 Å². The predicted octanol–water partition coefficient (Wildman–Crippen LogP) is 0.364. The van der Waals surface area contributed by atoms with Gasteiger partial charge in [0.05, 0.1) is 0 Å². The molecule has 0 spiro atoms. The van der Waals surface area contributed by atoms with Gasteiger partial charge in [-0.05, 0) is 18.6 Å². The number of carboxylic acid groups (broad SMARTS) is 1. The van der Waals surface area contributed by atoms with Gasteiger partial charge in [0.1, 0.15) is 5.69 Å². The van der Waals surface area contributed by atoms with E-state index in [-0.39, 0.29) is 6.42 Å². The lowest BCUT2D eigenvalue weighted by Gasteiger charge is -1.97. The molecule has 0 radical (unpaired) electrons. The first kappa shape index (κ1) is 11.6. The Morgan fingerprint density at radius 1 is 1.41 bits per heavy atom. The summed E-state index contributed by atoms with van der Waals surface area (Å²) in [5.74, 6) is -0.435. The summed E-state index contributed by atoms with van der Waals surface area (Å²) in [5, 5.41) is 18.1. The van der Waals surface area contributed by atoms with E-state index in [9.17, 15) is 9.90 Å². The summed E-state index contributed by atoms with van der Waals surface area (Å²) in [4.78, 5) is 14.3. The van der Waals surface area contributed by atoms with E-state index < -0.39 is 5.97 Å². The Labute approximate surface area is 101 Å². The molecule has 0 aliphatic carbocycles. The van der Waals surface area contributed by atoms with Crippen LogP contribution in [0.25, 0.3) is 11.6 Å². The standard InChI is InChI=1S/C10H9N3O3S/c14-8(15)4-6-17-10-13-12-9(16-10)7-3-1-2-5-11-7/h1-3,5H,4,6H2,(H,14,15)/p-1. The van der Waals surface area contributed by atoms with Crippen LogP contribution in [0.15, 0.2) is 34.0 Å². The highest BCUT2D eigenvalue weighted by molar-refractivity contribution is 7.99. The lowest BCUT2D eigenvalue weighted by molar-refractivity contribution is -0.305. The number of thioether (sulfide) groups is 1. The summed E-state index contributed by atoms with van der Waals surface area (Å²) in [6.07, 6.45) is 1.58. The highest BCUT2D eigenvalue weighted by Gasteiger charge is 2.09. The lowest BCUT2D eigenvalue weighted by atomic mass is 10.3. The van der Waals surface area contributed by atoms with Crippen LogP contribution in [0.3, 0.4) is 0 Å². The summed E-state index contributed by atoms with van der Waals surface area (Å²) in [5.41, 5.74) is 0.590. The third-order valence-corrected chi connectivity index (χ3v) is 2.64. The number of aromatic nitrogens is 3. The van der Waals surface area contributed by atoms with Gasteiger partial charge in [0, 0.05) is 17.9 Å². The summed E-state index contributed by atoms with van der Waals surface area (Å²) in [6.45, 7) is 0. The number of hydrogen-bond acceptors (Lipinski definition) is 7. The van der Waals surface area contributed by atoms with Crippen molar-refractivity contribution in [3.8, 4) is 11.6 Å². The third-order valence-electron chi connectivity index (χ3n) is 1.82. The van der Waals surface area contributed by atoms with Gasteiger partial charge in [0.15, 0.2) is 0 Å². The molecule has 0 saturated carbocycles. The zero-order valence-electron chi connectivity index (χ0n) is 8.70. The van der Waals surface area contributed by atoms with Gasteiger partial charge < -0.3 is 14.3 Å². The van der Waals surface area contributed by atoms with Crippen molar-refractivity contribution in [2.45, 2.75) is 11.6 Å². The highest BCUT2D eigenvalue weighted by atomic mass is 32.2. The van der Waals surface area contributed by atoms with Crippen LogP contribution >= 0.6 is 11.8 Å². The molecule has 0 unspecified atom stereocenters. The van der Waals surface area contributed by atoms with Crippen LogP contribution in [0.1, 0.15) is 6.42 Å². The van der Waals surface area contributed by atoms with E-state index in [0.717, 1.165) is 0 Å². The second-order valence-electron chi connectivity index (χ2n) is 3.06. The molecule has 2 heterocycles. The molecule has 0 N–H and O–H groups in total. The number of hydrogen-bond donors (Lipinski definition) is 0. The van der Waals surface area contributed by atoms with Crippen LogP contribution in [0, 0.1) is 0 Å². The number of rotatable bonds is 5. The van der Waals surface area contributed by atoms with Crippen LogP contribution in [0.5, 0.6) is 0 Å². The number of aliphatic carboxylic acids is 1. The van der Waals surface area contributed by atoms with E-state index in [2.05, 4.69) is 15.2 Å². The lowest BCUT2D eigenvalue weighted by Crippen LogP contribution is -2.22. The minimum atomic E-state index is -1.10. The number of carbonyl (C=O) groups excluding carboxylic acids is 1. The zero-order valence-corrected chi connectivity index (χ0v) is 9.51. The molecule has 2 aromatic heterocycles. The molecule has 0 fully saturated rings. The Hall–Kier alpha value is -1.89. The van der Waals surface area contributed by atoms with Crippen LogP contribution < -0.4 is 5.11 Å². The molecule has 0 aliphatic heterocycles. The fourth-order valence-corrected chi connectivity index (χ4v) is 1.76. The molecule has 0 saturated heterocycles. The third kappa shape index (κ3) is 3.28. The SMILES string of the molecule is O=C([O-])CCSc1nnc(-c2ccccn2)o1. The van der Waals surface area contributed by atoms with Gasteiger partial charge in [-0.25, -0.2) is 0 Å². The monoisotopic (exact) mass is 250 g/mol. The van der Waals surface area contributed by atoms with Crippen molar-refractivity contribution in [2.75, 3.05) is 5.75 Å². The molecule has 0 atom stereocenters. The van der Waals surface area contributed by atoms with Gasteiger partial charge in [0.2, 0.25) is 0 Å². The first-order valence-corrected chi connectivity index (χ1v) is 5.82. The first-order chi connectivity index (χ1) is 8.25. The average Bonchev–Trinajstić information content (AvgIpc) is 2.78. The quantitative estimate of drug-likeness (QED) is 0.707. The van der Waals surface area contributed by atoms with Crippen molar-refractivity contribution in [3.05, 3.63) is 24.4 Å². The largest absolute Gasteiger partial charge is 0.550 e. The molecular formula is C10H8N3O3S-. The minimum absolute atomic E-state index is 0.0496. The Morgan fingerprint density at radius 3 is 3.00 bits per heavy atom. The van der Waals surface area contributed by atoms with Crippen LogP contribution in [-0.4, -0.2) is 26.9 Å². The van der Waals surface area contributed by atoms with Gasteiger partial charge in [-0.15, -0.1) is 10.2 Å². The van der Waals surface area contributed by atoms with Crippen molar-refractivity contribution >= 4 is 17.7 Å². The molecule has 2 rings (SSSR count). The van der Waals surface area contributed by atoms with E-state index in [1.165, 1.54) is 11.8 Å². The summed E-state index contributed by atoms with van der Waals surface area (Å²) < 4.78 is 5.32. The Kier molecular flexibility index (Phi) is 3.71. The summed E-state index contributed by atoms with van der Waals surface area (Å²) in [7, 11) is 0. The van der Waals surface area contributed by atoms with Crippen molar-refractivity contribution in [3.63, 3.8) is 0 Å². The van der Waals surface area contributed by atoms with Gasteiger partial charge in [-0.2, -0.15) is 0 Å². The fourth-order valence-electron chi connectivity index (χ4n) is 1.08.